The van der Waals surface area contributed by atoms with Crippen LogP contribution >= 0.6 is 0 Å². The Labute approximate surface area is 297 Å². The lowest BCUT2D eigenvalue weighted by atomic mass is 9.81. The molecule has 0 N–H and O–H groups in total. The Morgan fingerprint density at radius 2 is 1.26 bits per heavy atom. The third kappa shape index (κ3) is 4.92. The number of hydrogen-bond donors (Lipinski definition) is 0. The van der Waals surface area contributed by atoms with Crippen LogP contribution in [0.5, 0.6) is 0 Å². The minimum absolute atomic E-state index is 0.104. The first kappa shape index (κ1) is 30.7. The molecule has 6 aromatic carbocycles. The van der Waals surface area contributed by atoms with Crippen LogP contribution in [0.3, 0.4) is 0 Å². The molecule has 3 aliphatic rings. The maximum Gasteiger partial charge on any atom is 0.0580 e. The topological polar surface area (TPSA) is 6.48 Å². The van der Waals surface area contributed by atoms with E-state index in [1.165, 1.54) is 84.5 Å². The molecule has 9 rings (SSSR count). The summed E-state index contributed by atoms with van der Waals surface area (Å²) in [6.45, 7) is 11.7. The second-order valence-electron chi connectivity index (χ2n) is 15.6. The van der Waals surface area contributed by atoms with Crippen molar-refractivity contribution in [2.24, 2.45) is 0 Å². The molecule has 1 aliphatic carbocycles. The van der Waals surface area contributed by atoms with Crippen LogP contribution in [0.2, 0.25) is 0 Å². The molecule has 0 radical (unpaired) electrons. The number of aryl methyl sites for hydroxylation is 1. The third-order valence-corrected chi connectivity index (χ3v) is 11.5. The van der Waals surface area contributed by atoms with E-state index in [-0.39, 0.29) is 11.0 Å². The lowest BCUT2D eigenvalue weighted by Crippen LogP contribution is -2.40. The lowest BCUT2D eigenvalue weighted by molar-refractivity contribution is 0.618. The lowest BCUT2D eigenvalue weighted by Gasteiger charge is -2.42. The fourth-order valence-electron chi connectivity index (χ4n) is 8.75. The second-order valence-corrected chi connectivity index (χ2v) is 15.6. The van der Waals surface area contributed by atoms with Crippen molar-refractivity contribution in [1.29, 1.82) is 0 Å². The van der Waals surface area contributed by atoms with Gasteiger partial charge in [0.1, 0.15) is 0 Å². The minimum atomic E-state index is -0.126. The Morgan fingerprint density at radius 3 is 2.10 bits per heavy atom. The Balaban J connectivity index is 0.992. The predicted molar refractivity (Wildman–Crippen MR) is 215 cm³/mol. The fraction of sp³-hybridized carbons (Fsp3) is 0.208. The van der Waals surface area contributed by atoms with Crippen LogP contribution in [0, 0.1) is 0 Å². The average molecular weight is 649 g/mol. The summed E-state index contributed by atoms with van der Waals surface area (Å²) >= 11 is 0. The van der Waals surface area contributed by atoms with Crippen molar-refractivity contribution in [3.63, 3.8) is 0 Å². The SMILES string of the molecule is CC1CCc2ccccc2N1c1ccc2cc(/C=C/c3ccc4c(c3)C(C)(C)c3cc(N5c6ccccc6C=CC5(C)C)ccc3-4)ccc2c1. The molecule has 0 aromatic heterocycles. The van der Waals surface area contributed by atoms with Crippen LogP contribution < -0.4 is 9.80 Å². The van der Waals surface area contributed by atoms with Gasteiger partial charge in [-0.2, -0.15) is 0 Å². The molecule has 246 valence electrons. The quantitative estimate of drug-likeness (QED) is 0.176. The predicted octanol–water partition coefficient (Wildman–Crippen LogP) is 12.7. The van der Waals surface area contributed by atoms with Gasteiger partial charge in [-0.15, -0.1) is 0 Å². The van der Waals surface area contributed by atoms with Gasteiger partial charge in [-0.1, -0.05) is 117 Å². The molecule has 1 unspecified atom stereocenters. The summed E-state index contributed by atoms with van der Waals surface area (Å²) in [4.78, 5) is 5.01. The van der Waals surface area contributed by atoms with Gasteiger partial charge in [0.05, 0.1) is 5.54 Å². The molecule has 0 fully saturated rings. The first-order valence-electron chi connectivity index (χ1n) is 18.1. The number of para-hydroxylation sites is 2. The van der Waals surface area contributed by atoms with Crippen molar-refractivity contribution in [3.05, 3.63) is 161 Å². The van der Waals surface area contributed by atoms with E-state index in [9.17, 15) is 0 Å². The highest BCUT2D eigenvalue weighted by molar-refractivity contribution is 5.91. The summed E-state index contributed by atoms with van der Waals surface area (Å²) < 4.78 is 0. The van der Waals surface area contributed by atoms with E-state index in [4.69, 9.17) is 0 Å². The van der Waals surface area contributed by atoms with E-state index in [0.29, 0.717) is 6.04 Å². The number of benzene rings is 6. The molecule has 2 heterocycles. The second kappa shape index (κ2) is 11.4. The highest BCUT2D eigenvalue weighted by Gasteiger charge is 2.37. The number of anilines is 4. The summed E-state index contributed by atoms with van der Waals surface area (Å²) in [5.74, 6) is 0. The van der Waals surface area contributed by atoms with E-state index in [1.807, 2.05) is 0 Å². The molecule has 0 saturated heterocycles. The zero-order valence-corrected chi connectivity index (χ0v) is 29.7. The molecule has 0 bridgehead atoms. The summed E-state index contributed by atoms with van der Waals surface area (Å²) in [6.07, 6.45) is 11.4. The van der Waals surface area contributed by atoms with Crippen LogP contribution in [0.25, 0.3) is 40.1 Å². The van der Waals surface area contributed by atoms with E-state index in [0.717, 1.165) is 6.42 Å². The van der Waals surface area contributed by atoms with Crippen molar-refractivity contribution < 1.29 is 0 Å². The maximum absolute atomic E-state index is 2.52. The smallest absolute Gasteiger partial charge is 0.0580 e. The Hall–Kier alpha value is -5.34. The third-order valence-electron chi connectivity index (χ3n) is 11.5. The van der Waals surface area contributed by atoms with Crippen LogP contribution in [0.4, 0.5) is 22.7 Å². The van der Waals surface area contributed by atoms with Crippen LogP contribution in [0.15, 0.2) is 127 Å². The van der Waals surface area contributed by atoms with Crippen molar-refractivity contribution in [3.8, 4) is 11.1 Å². The van der Waals surface area contributed by atoms with Crippen molar-refractivity contribution >= 4 is 51.8 Å². The van der Waals surface area contributed by atoms with Gasteiger partial charge >= 0.3 is 0 Å². The van der Waals surface area contributed by atoms with Gasteiger partial charge in [0.2, 0.25) is 0 Å². The molecule has 2 heteroatoms. The van der Waals surface area contributed by atoms with Crippen LogP contribution in [0.1, 0.15) is 74.4 Å². The summed E-state index contributed by atoms with van der Waals surface area (Å²) in [5, 5.41) is 2.55. The monoisotopic (exact) mass is 648 g/mol. The first-order chi connectivity index (χ1) is 24.2. The highest BCUT2D eigenvalue weighted by Crippen LogP contribution is 2.51. The number of hydrogen-bond acceptors (Lipinski definition) is 2. The van der Waals surface area contributed by atoms with Gasteiger partial charge in [0, 0.05) is 34.2 Å². The van der Waals surface area contributed by atoms with Crippen molar-refractivity contribution in [2.45, 2.75) is 64.5 Å². The summed E-state index contributed by atoms with van der Waals surface area (Å²) in [7, 11) is 0. The first-order valence-corrected chi connectivity index (χ1v) is 18.1. The van der Waals surface area contributed by atoms with Gasteiger partial charge in [0.15, 0.2) is 0 Å². The van der Waals surface area contributed by atoms with E-state index in [2.05, 4.69) is 190 Å². The van der Waals surface area contributed by atoms with Gasteiger partial charge in [-0.3, -0.25) is 0 Å². The maximum atomic E-state index is 2.52. The number of fused-ring (bicyclic) bond motifs is 6. The average Bonchev–Trinajstić information content (AvgIpc) is 3.35. The standard InChI is InChI=1S/C48H44N2/c1-32-14-19-35-10-6-8-12-45(35)49(32)39-22-21-37-28-33(17-20-38(37)30-39)15-16-34-18-24-41-42-25-23-40(31-44(42)48(4,5)43(41)29-34)50-46-13-9-7-11-36(46)26-27-47(50,2)3/h6-13,15-18,20-32H,14,19H2,1-5H3/b16-15+. The number of rotatable bonds is 4. The molecular formula is C48H44N2. The minimum Gasteiger partial charge on any atom is -0.338 e. The number of nitrogens with zero attached hydrogens (tertiary/aromatic N) is 2. The fourth-order valence-corrected chi connectivity index (χ4v) is 8.75. The van der Waals surface area contributed by atoms with E-state index in [1.54, 1.807) is 0 Å². The van der Waals surface area contributed by atoms with E-state index < -0.39 is 0 Å². The Bertz CT molecular complexity index is 2370. The zero-order chi connectivity index (χ0) is 34.2. The molecule has 0 saturated carbocycles. The van der Waals surface area contributed by atoms with Gasteiger partial charge in [0.25, 0.3) is 0 Å². The van der Waals surface area contributed by atoms with Crippen LogP contribution in [-0.2, 0) is 11.8 Å². The largest absolute Gasteiger partial charge is 0.338 e. The van der Waals surface area contributed by atoms with Crippen molar-refractivity contribution in [1.82, 2.24) is 0 Å². The zero-order valence-electron chi connectivity index (χ0n) is 29.7. The molecule has 1 atom stereocenters. The molecule has 0 amide bonds. The normalized spacial score (nSPS) is 18.2. The van der Waals surface area contributed by atoms with Gasteiger partial charge in [-0.25, -0.2) is 0 Å². The highest BCUT2D eigenvalue weighted by atomic mass is 15.2. The molecular weight excluding hydrogens is 605 g/mol. The van der Waals surface area contributed by atoms with E-state index >= 15 is 0 Å². The van der Waals surface area contributed by atoms with Crippen LogP contribution in [-0.4, -0.2) is 11.6 Å². The van der Waals surface area contributed by atoms with Gasteiger partial charge < -0.3 is 9.80 Å². The molecule has 0 spiro atoms. The van der Waals surface area contributed by atoms with Crippen molar-refractivity contribution in [2.75, 3.05) is 9.80 Å². The summed E-state index contributed by atoms with van der Waals surface area (Å²) in [5.41, 5.74) is 15.5. The molecule has 2 aliphatic heterocycles. The summed E-state index contributed by atoms with van der Waals surface area (Å²) in [6, 6.07) is 45.9. The van der Waals surface area contributed by atoms with Gasteiger partial charge in [-0.05, 0) is 131 Å². The Morgan fingerprint density at radius 1 is 0.620 bits per heavy atom. The Kier molecular flexibility index (Phi) is 6.97. The molecule has 2 nitrogen and oxygen atoms in total. The molecule has 50 heavy (non-hydrogen) atoms. The molecule has 6 aromatic rings.